The van der Waals surface area contributed by atoms with Crippen LogP contribution in [0.5, 0.6) is 0 Å². The zero-order valence-electron chi connectivity index (χ0n) is 19.8. The third-order valence-electron chi connectivity index (χ3n) is 7.16. The van der Waals surface area contributed by atoms with E-state index < -0.39 is 0 Å². The molecule has 1 saturated heterocycles. The molecule has 0 spiro atoms. The predicted octanol–water partition coefficient (Wildman–Crippen LogP) is 4.52. The second kappa shape index (κ2) is 9.68. The Balaban J connectivity index is 1.52. The summed E-state index contributed by atoms with van der Waals surface area (Å²) >= 11 is 0. The highest BCUT2D eigenvalue weighted by molar-refractivity contribution is 5.76. The molecule has 3 heterocycles. The molecular formula is C25H39N5O. The maximum atomic E-state index is 12.1. The van der Waals surface area contributed by atoms with Crippen LogP contribution in [0.1, 0.15) is 93.9 Å². The molecule has 0 unspecified atom stereocenters. The molecule has 2 aliphatic rings. The van der Waals surface area contributed by atoms with Crippen LogP contribution in [0.25, 0.3) is 5.65 Å². The van der Waals surface area contributed by atoms with Crippen molar-refractivity contribution in [3.63, 3.8) is 0 Å². The molecule has 2 aromatic heterocycles. The lowest BCUT2D eigenvalue weighted by atomic mass is 9.89. The van der Waals surface area contributed by atoms with Crippen LogP contribution in [0.2, 0.25) is 0 Å². The lowest BCUT2D eigenvalue weighted by Crippen LogP contribution is -2.30. The van der Waals surface area contributed by atoms with Gasteiger partial charge in [-0.3, -0.25) is 9.69 Å². The average molecular weight is 426 g/mol. The Bertz CT molecular complexity index is 912. The molecule has 1 atom stereocenters. The average Bonchev–Trinajstić information content (AvgIpc) is 3.34. The topological polar surface area (TPSA) is 62.5 Å². The first-order valence-corrected chi connectivity index (χ1v) is 12.3. The van der Waals surface area contributed by atoms with Crippen molar-refractivity contribution in [2.24, 2.45) is 5.92 Å². The van der Waals surface area contributed by atoms with Crippen molar-refractivity contribution in [3.05, 3.63) is 28.7 Å². The molecule has 2 aromatic rings. The fourth-order valence-corrected chi connectivity index (χ4v) is 5.58. The Morgan fingerprint density at radius 3 is 2.68 bits per heavy atom. The standard InChI is InChI=1S/C25H39N5O/c1-17(2)26-25(31)13-12-21-18(3)27-24-15-22(28-30(24)19(21)4)23-11-8-14-29(23)16-20-9-6-5-7-10-20/h15,17,20,23H,5-14,16H2,1-4H3,(H,26,31)/t23-/m1/s1. The number of aromatic nitrogens is 3. The molecule has 0 bridgehead atoms. The Morgan fingerprint density at radius 2 is 1.94 bits per heavy atom. The third kappa shape index (κ3) is 5.11. The molecule has 4 rings (SSSR count). The van der Waals surface area contributed by atoms with Crippen molar-refractivity contribution in [3.8, 4) is 0 Å². The van der Waals surface area contributed by atoms with Crippen molar-refractivity contribution in [1.29, 1.82) is 0 Å². The SMILES string of the molecule is Cc1nc2cc([C@H]3CCCN3CC3CCCCC3)nn2c(C)c1CCC(=O)NC(C)C. The number of nitrogens with zero attached hydrogens (tertiary/aromatic N) is 4. The van der Waals surface area contributed by atoms with E-state index in [1.54, 1.807) is 0 Å². The lowest BCUT2D eigenvalue weighted by Gasteiger charge is -2.30. The van der Waals surface area contributed by atoms with Crippen LogP contribution in [0.4, 0.5) is 0 Å². The number of aryl methyl sites for hydroxylation is 2. The van der Waals surface area contributed by atoms with E-state index in [0.717, 1.165) is 34.2 Å². The number of carbonyl (C=O) groups is 1. The Hall–Kier alpha value is -1.95. The highest BCUT2D eigenvalue weighted by Gasteiger charge is 2.30. The second-order valence-corrected chi connectivity index (χ2v) is 9.98. The third-order valence-corrected chi connectivity index (χ3v) is 7.16. The number of fused-ring (bicyclic) bond motifs is 1. The summed E-state index contributed by atoms with van der Waals surface area (Å²) in [6.45, 7) is 10.6. The molecule has 0 radical (unpaired) electrons. The van der Waals surface area contributed by atoms with Crippen molar-refractivity contribution >= 4 is 11.6 Å². The fourth-order valence-electron chi connectivity index (χ4n) is 5.58. The summed E-state index contributed by atoms with van der Waals surface area (Å²) in [5, 5.41) is 8.01. The van der Waals surface area contributed by atoms with Gasteiger partial charge >= 0.3 is 0 Å². The van der Waals surface area contributed by atoms with E-state index in [1.807, 2.05) is 18.4 Å². The van der Waals surface area contributed by atoms with Gasteiger partial charge in [0, 0.05) is 36.5 Å². The molecule has 1 aliphatic carbocycles. The molecule has 6 heteroatoms. The van der Waals surface area contributed by atoms with Crippen LogP contribution in [0, 0.1) is 19.8 Å². The second-order valence-electron chi connectivity index (χ2n) is 9.98. The molecule has 0 aromatic carbocycles. The van der Waals surface area contributed by atoms with E-state index in [1.165, 1.54) is 58.0 Å². The Labute approximate surface area is 186 Å². The first kappa shape index (κ1) is 22.3. The first-order valence-electron chi connectivity index (χ1n) is 12.3. The maximum Gasteiger partial charge on any atom is 0.220 e. The van der Waals surface area contributed by atoms with Gasteiger partial charge in [0.2, 0.25) is 5.91 Å². The number of likely N-dealkylation sites (tertiary alicyclic amines) is 1. The van der Waals surface area contributed by atoms with Gasteiger partial charge in [-0.05, 0) is 77.8 Å². The van der Waals surface area contributed by atoms with E-state index in [9.17, 15) is 4.79 Å². The van der Waals surface area contributed by atoms with Crippen LogP contribution in [0.3, 0.4) is 0 Å². The predicted molar refractivity (Wildman–Crippen MR) is 124 cm³/mol. The molecule has 2 fully saturated rings. The number of hydrogen-bond donors (Lipinski definition) is 1. The zero-order valence-corrected chi connectivity index (χ0v) is 19.8. The van der Waals surface area contributed by atoms with Gasteiger partial charge in [-0.15, -0.1) is 0 Å². The van der Waals surface area contributed by atoms with E-state index in [4.69, 9.17) is 10.1 Å². The molecule has 1 saturated carbocycles. The molecular weight excluding hydrogens is 386 g/mol. The van der Waals surface area contributed by atoms with Crippen molar-refractivity contribution in [2.75, 3.05) is 13.1 Å². The quantitative estimate of drug-likeness (QED) is 0.708. The molecule has 170 valence electrons. The van der Waals surface area contributed by atoms with Gasteiger partial charge in [-0.2, -0.15) is 5.10 Å². The van der Waals surface area contributed by atoms with Crippen molar-refractivity contribution in [1.82, 2.24) is 24.8 Å². The molecule has 6 nitrogen and oxygen atoms in total. The van der Waals surface area contributed by atoms with E-state index in [2.05, 4.69) is 30.1 Å². The smallest absolute Gasteiger partial charge is 0.220 e. The first-order chi connectivity index (χ1) is 14.9. The van der Waals surface area contributed by atoms with Crippen LogP contribution in [-0.2, 0) is 11.2 Å². The minimum Gasteiger partial charge on any atom is -0.354 e. The summed E-state index contributed by atoms with van der Waals surface area (Å²) in [5.74, 6) is 0.955. The number of amides is 1. The summed E-state index contributed by atoms with van der Waals surface area (Å²) in [6.07, 6.45) is 10.6. The minimum atomic E-state index is 0.0966. The fraction of sp³-hybridized carbons (Fsp3) is 0.720. The van der Waals surface area contributed by atoms with Gasteiger partial charge in [-0.25, -0.2) is 9.50 Å². The van der Waals surface area contributed by atoms with Crippen LogP contribution >= 0.6 is 0 Å². The minimum absolute atomic E-state index is 0.0966. The van der Waals surface area contributed by atoms with Gasteiger partial charge in [0.25, 0.3) is 0 Å². The number of hydrogen-bond acceptors (Lipinski definition) is 4. The summed E-state index contributed by atoms with van der Waals surface area (Å²) in [5.41, 5.74) is 5.37. The van der Waals surface area contributed by atoms with E-state index in [0.29, 0.717) is 18.9 Å². The Morgan fingerprint density at radius 1 is 1.16 bits per heavy atom. The van der Waals surface area contributed by atoms with Gasteiger partial charge in [0.15, 0.2) is 5.65 Å². The van der Waals surface area contributed by atoms with Crippen molar-refractivity contribution < 1.29 is 4.79 Å². The summed E-state index contributed by atoms with van der Waals surface area (Å²) in [6, 6.07) is 2.79. The van der Waals surface area contributed by atoms with Crippen LogP contribution in [-0.4, -0.2) is 44.5 Å². The highest BCUT2D eigenvalue weighted by Crippen LogP contribution is 2.35. The summed E-state index contributed by atoms with van der Waals surface area (Å²) in [4.78, 5) is 19.7. The molecule has 1 aliphatic heterocycles. The normalized spacial score (nSPS) is 20.7. The maximum absolute atomic E-state index is 12.1. The number of nitrogens with one attached hydrogen (secondary N) is 1. The van der Waals surface area contributed by atoms with Crippen LogP contribution < -0.4 is 5.32 Å². The molecule has 1 N–H and O–H groups in total. The van der Waals surface area contributed by atoms with Gasteiger partial charge in [0.1, 0.15) is 0 Å². The molecule has 1 amide bonds. The van der Waals surface area contributed by atoms with Gasteiger partial charge in [0.05, 0.1) is 11.7 Å². The molecule has 31 heavy (non-hydrogen) atoms. The largest absolute Gasteiger partial charge is 0.354 e. The zero-order chi connectivity index (χ0) is 22.0. The van der Waals surface area contributed by atoms with E-state index >= 15 is 0 Å². The van der Waals surface area contributed by atoms with Crippen molar-refractivity contribution in [2.45, 2.75) is 97.6 Å². The summed E-state index contributed by atoms with van der Waals surface area (Å²) < 4.78 is 2.01. The summed E-state index contributed by atoms with van der Waals surface area (Å²) in [7, 11) is 0. The van der Waals surface area contributed by atoms with Gasteiger partial charge in [-0.1, -0.05) is 19.3 Å². The lowest BCUT2D eigenvalue weighted by molar-refractivity contribution is -0.121. The van der Waals surface area contributed by atoms with Gasteiger partial charge < -0.3 is 5.32 Å². The van der Waals surface area contributed by atoms with E-state index in [-0.39, 0.29) is 11.9 Å². The van der Waals surface area contributed by atoms with Crippen LogP contribution in [0.15, 0.2) is 6.07 Å². The highest BCUT2D eigenvalue weighted by atomic mass is 16.1. The number of carbonyl (C=O) groups excluding carboxylic acids is 1. The Kier molecular flexibility index (Phi) is 6.95. The monoisotopic (exact) mass is 425 g/mol. The number of rotatable bonds is 7.